The van der Waals surface area contributed by atoms with Crippen LogP contribution in [0.2, 0.25) is 0 Å². The highest BCUT2D eigenvalue weighted by atomic mass is 16.5. The Morgan fingerprint density at radius 3 is 2.44 bits per heavy atom. The fourth-order valence-electron chi connectivity index (χ4n) is 1.28. The molecule has 0 aliphatic heterocycles. The molecular weight excluding hydrogens is 208 g/mol. The minimum absolute atomic E-state index is 0.135. The summed E-state index contributed by atoms with van der Waals surface area (Å²) < 4.78 is 7.27. The van der Waals surface area contributed by atoms with E-state index in [1.807, 2.05) is 20.9 Å². The zero-order chi connectivity index (χ0) is 12.5. The number of aliphatic carboxylic acids is 1. The van der Waals surface area contributed by atoms with Crippen molar-refractivity contribution in [2.24, 2.45) is 12.5 Å². The van der Waals surface area contributed by atoms with Gasteiger partial charge < -0.3 is 9.84 Å². The second-order valence-corrected chi connectivity index (χ2v) is 4.60. The minimum Gasteiger partial charge on any atom is -0.489 e. The highest BCUT2D eigenvalue weighted by Gasteiger charge is 2.29. The van der Waals surface area contributed by atoms with Crippen LogP contribution in [0.3, 0.4) is 0 Å². The number of hydrogen-bond acceptors (Lipinski definition) is 3. The number of aromatic nitrogens is 2. The summed E-state index contributed by atoms with van der Waals surface area (Å²) in [5.74, 6) is -0.191. The van der Waals surface area contributed by atoms with Crippen LogP contribution < -0.4 is 4.74 Å². The Bertz CT molecular complexity index is 408. The first-order valence-corrected chi connectivity index (χ1v) is 5.12. The lowest BCUT2D eigenvalue weighted by molar-refractivity contribution is -0.148. The van der Waals surface area contributed by atoms with Crippen molar-refractivity contribution in [1.29, 1.82) is 0 Å². The first-order chi connectivity index (χ1) is 7.25. The van der Waals surface area contributed by atoms with Crippen LogP contribution in [-0.4, -0.2) is 27.5 Å². The van der Waals surface area contributed by atoms with Gasteiger partial charge in [-0.2, -0.15) is 5.10 Å². The number of rotatable bonds is 4. The highest BCUT2D eigenvalue weighted by Crippen LogP contribution is 2.24. The first-order valence-electron chi connectivity index (χ1n) is 5.12. The van der Waals surface area contributed by atoms with Gasteiger partial charge in [-0.05, 0) is 27.7 Å². The van der Waals surface area contributed by atoms with Gasteiger partial charge >= 0.3 is 5.97 Å². The van der Waals surface area contributed by atoms with Crippen LogP contribution in [0, 0.1) is 19.3 Å². The molecule has 0 aliphatic carbocycles. The molecule has 1 aromatic rings. The highest BCUT2D eigenvalue weighted by molar-refractivity contribution is 5.73. The molecule has 0 saturated carbocycles. The van der Waals surface area contributed by atoms with Gasteiger partial charge in [0, 0.05) is 7.05 Å². The molecule has 0 aliphatic rings. The molecular formula is C11H18N2O3. The van der Waals surface area contributed by atoms with E-state index in [2.05, 4.69) is 5.10 Å². The molecule has 0 saturated heterocycles. The van der Waals surface area contributed by atoms with Crippen LogP contribution in [0.4, 0.5) is 0 Å². The maximum absolute atomic E-state index is 10.9. The predicted octanol–water partition coefficient (Wildman–Crippen LogP) is 1.53. The number of carbonyl (C=O) groups is 1. The van der Waals surface area contributed by atoms with E-state index >= 15 is 0 Å². The maximum atomic E-state index is 10.9. The number of hydrogen-bond donors (Lipinski definition) is 1. The summed E-state index contributed by atoms with van der Waals surface area (Å²) in [4.78, 5) is 10.9. The lowest BCUT2D eigenvalue weighted by atomic mass is 9.95. The quantitative estimate of drug-likeness (QED) is 0.845. The van der Waals surface area contributed by atoms with Crippen molar-refractivity contribution in [3.05, 3.63) is 11.4 Å². The third kappa shape index (κ3) is 2.35. The van der Waals surface area contributed by atoms with Crippen molar-refractivity contribution in [2.45, 2.75) is 27.7 Å². The van der Waals surface area contributed by atoms with Crippen LogP contribution in [0.5, 0.6) is 5.75 Å². The number of aryl methyl sites for hydroxylation is 2. The van der Waals surface area contributed by atoms with E-state index in [0.717, 1.165) is 11.4 Å². The van der Waals surface area contributed by atoms with Gasteiger partial charge in [0.15, 0.2) is 5.75 Å². The molecule has 0 bridgehead atoms. The second kappa shape index (κ2) is 4.15. The number of nitrogens with zero attached hydrogens (tertiary/aromatic N) is 2. The summed E-state index contributed by atoms with van der Waals surface area (Å²) in [5.41, 5.74) is 0.786. The molecule has 5 nitrogen and oxygen atoms in total. The van der Waals surface area contributed by atoms with Crippen molar-refractivity contribution in [3.63, 3.8) is 0 Å². The fourth-order valence-corrected chi connectivity index (χ4v) is 1.28. The van der Waals surface area contributed by atoms with Crippen LogP contribution in [0.15, 0.2) is 0 Å². The van der Waals surface area contributed by atoms with Crippen molar-refractivity contribution in [2.75, 3.05) is 6.61 Å². The average molecular weight is 226 g/mol. The standard InChI is InChI=1S/C11H18N2O3/c1-7-9(8(2)13(5)12-7)16-6-11(3,4)10(14)15/h6H2,1-5H3,(H,14,15). The smallest absolute Gasteiger partial charge is 0.312 e. The first kappa shape index (κ1) is 12.5. The zero-order valence-corrected chi connectivity index (χ0v) is 10.4. The summed E-state index contributed by atoms with van der Waals surface area (Å²) in [5, 5.41) is 13.2. The lowest BCUT2D eigenvalue weighted by Crippen LogP contribution is -2.30. The van der Waals surface area contributed by atoms with Crippen LogP contribution in [0.1, 0.15) is 25.2 Å². The summed E-state index contributed by atoms with van der Waals surface area (Å²) in [6.45, 7) is 7.14. The Hall–Kier alpha value is -1.52. The van der Waals surface area contributed by atoms with Gasteiger partial charge in [-0.15, -0.1) is 0 Å². The lowest BCUT2D eigenvalue weighted by Gasteiger charge is -2.19. The van der Waals surface area contributed by atoms with Crippen LogP contribution in [0.25, 0.3) is 0 Å². The van der Waals surface area contributed by atoms with Crippen molar-refractivity contribution >= 4 is 5.97 Å². The van der Waals surface area contributed by atoms with Crippen molar-refractivity contribution in [1.82, 2.24) is 9.78 Å². The van der Waals surface area contributed by atoms with Gasteiger partial charge in [-0.25, -0.2) is 0 Å². The Balaban J connectivity index is 2.79. The number of ether oxygens (including phenoxy) is 1. The molecule has 0 atom stereocenters. The van der Waals surface area contributed by atoms with Crippen LogP contribution >= 0.6 is 0 Å². The second-order valence-electron chi connectivity index (χ2n) is 4.60. The molecule has 0 spiro atoms. The fraction of sp³-hybridized carbons (Fsp3) is 0.636. The van der Waals surface area contributed by atoms with E-state index in [-0.39, 0.29) is 6.61 Å². The SMILES string of the molecule is Cc1nn(C)c(C)c1OCC(C)(C)C(=O)O. The van der Waals surface area contributed by atoms with E-state index in [4.69, 9.17) is 9.84 Å². The van der Waals surface area contributed by atoms with Crippen LogP contribution in [-0.2, 0) is 11.8 Å². The summed E-state index contributed by atoms with van der Waals surface area (Å²) in [7, 11) is 1.83. The summed E-state index contributed by atoms with van der Waals surface area (Å²) >= 11 is 0. The Morgan fingerprint density at radius 1 is 1.50 bits per heavy atom. The Labute approximate surface area is 95.0 Å². The van der Waals surface area contributed by atoms with E-state index in [1.54, 1.807) is 18.5 Å². The predicted molar refractivity (Wildman–Crippen MR) is 59.6 cm³/mol. The molecule has 1 aromatic heterocycles. The van der Waals surface area contributed by atoms with Gasteiger partial charge in [0.2, 0.25) is 0 Å². The van der Waals surface area contributed by atoms with Crippen molar-refractivity contribution in [3.8, 4) is 5.75 Å². The largest absolute Gasteiger partial charge is 0.489 e. The van der Waals surface area contributed by atoms with Gasteiger partial charge in [0.05, 0.1) is 11.1 Å². The molecule has 0 fully saturated rings. The molecule has 0 unspecified atom stereocenters. The zero-order valence-electron chi connectivity index (χ0n) is 10.4. The molecule has 0 radical (unpaired) electrons. The topological polar surface area (TPSA) is 64.4 Å². The summed E-state index contributed by atoms with van der Waals surface area (Å²) in [6.07, 6.45) is 0. The van der Waals surface area contributed by atoms with Crippen molar-refractivity contribution < 1.29 is 14.6 Å². The average Bonchev–Trinajstić information content (AvgIpc) is 2.39. The summed E-state index contributed by atoms with van der Waals surface area (Å²) in [6, 6.07) is 0. The molecule has 16 heavy (non-hydrogen) atoms. The molecule has 0 aromatic carbocycles. The Morgan fingerprint density at radius 2 is 2.06 bits per heavy atom. The number of carboxylic acid groups (broad SMARTS) is 1. The molecule has 1 N–H and O–H groups in total. The third-order valence-corrected chi connectivity index (χ3v) is 2.60. The van der Waals surface area contributed by atoms with Gasteiger partial charge in [-0.3, -0.25) is 9.48 Å². The van der Waals surface area contributed by atoms with Gasteiger partial charge in [-0.1, -0.05) is 0 Å². The van der Waals surface area contributed by atoms with Gasteiger partial charge in [0.25, 0.3) is 0 Å². The molecule has 1 rings (SSSR count). The van der Waals surface area contributed by atoms with E-state index in [1.165, 1.54) is 0 Å². The monoisotopic (exact) mass is 226 g/mol. The normalized spacial score (nSPS) is 11.6. The molecule has 90 valence electrons. The van der Waals surface area contributed by atoms with E-state index in [0.29, 0.717) is 5.75 Å². The van der Waals surface area contributed by atoms with Gasteiger partial charge in [0.1, 0.15) is 12.3 Å². The maximum Gasteiger partial charge on any atom is 0.312 e. The molecule has 1 heterocycles. The third-order valence-electron chi connectivity index (χ3n) is 2.60. The Kier molecular flexibility index (Phi) is 3.26. The minimum atomic E-state index is -0.894. The van der Waals surface area contributed by atoms with E-state index < -0.39 is 11.4 Å². The molecule has 0 amide bonds. The molecule has 5 heteroatoms. The number of carboxylic acids is 1. The van der Waals surface area contributed by atoms with E-state index in [9.17, 15) is 4.79 Å².